The van der Waals surface area contributed by atoms with Crippen molar-refractivity contribution in [3.63, 3.8) is 0 Å². The number of nitrogens with one attached hydrogen (secondary N) is 1. The second-order valence-corrected chi connectivity index (χ2v) is 3.36. The summed E-state index contributed by atoms with van der Waals surface area (Å²) in [5, 5.41) is 11.8. The first-order valence-corrected chi connectivity index (χ1v) is 4.67. The van der Waals surface area contributed by atoms with Crippen LogP contribution in [-0.4, -0.2) is 6.54 Å². The maximum absolute atomic E-state index is 8.57. The van der Waals surface area contributed by atoms with Gasteiger partial charge in [0.1, 0.15) is 0 Å². The zero-order valence-electron chi connectivity index (χ0n) is 8.33. The molecule has 0 aliphatic heterocycles. The van der Waals surface area contributed by atoms with Gasteiger partial charge in [0.25, 0.3) is 0 Å². The number of rotatable bonds is 4. The van der Waals surface area contributed by atoms with Crippen molar-refractivity contribution in [2.24, 2.45) is 5.92 Å². The first kappa shape index (κ1) is 10.6. The zero-order chi connectivity index (χ0) is 10.4. The van der Waals surface area contributed by atoms with Gasteiger partial charge in [-0.2, -0.15) is 5.26 Å². The van der Waals surface area contributed by atoms with Crippen molar-refractivity contribution in [3.8, 4) is 6.07 Å². The van der Waals surface area contributed by atoms with Crippen LogP contribution in [-0.2, 0) is 6.54 Å². The molecule has 0 aromatic heterocycles. The molecule has 0 aliphatic carbocycles. The molecule has 0 fully saturated rings. The monoisotopic (exact) mass is 189 g/mol. The molecule has 0 aliphatic rings. The smallest absolute Gasteiger partial charge is 0.0666 e. The van der Waals surface area contributed by atoms with Gasteiger partial charge in [-0.3, -0.25) is 0 Å². The molecule has 3 heteroatoms. The van der Waals surface area contributed by atoms with Crippen LogP contribution in [0.4, 0.5) is 5.69 Å². The SMILES string of the molecule is CC(C#N)CNCc1ccccc1N. The Labute approximate surface area is 84.5 Å². The summed E-state index contributed by atoms with van der Waals surface area (Å²) in [6.45, 7) is 3.31. The third-order valence-corrected chi connectivity index (χ3v) is 2.04. The predicted octanol–water partition coefficient (Wildman–Crippen LogP) is 1.52. The van der Waals surface area contributed by atoms with Gasteiger partial charge < -0.3 is 11.1 Å². The Morgan fingerprint density at radius 1 is 1.50 bits per heavy atom. The van der Waals surface area contributed by atoms with Gasteiger partial charge in [-0.25, -0.2) is 0 Å². The average molecular weight is 189 g/mol. The van der Waals surface area contributed by atoms with Crippen molar-refractivity contribution in [3.05, 3.63) is 29.8 Å². The van der Waals surface area contributed by atoms with Gasteiger partial charge in [-0.05, 0) is 18.6 Å². The normalized spacial score (nSPS) is 12.0. The van der Waals surface area contributed by atoms with E-state index >= 15 is 0 Å². The molecule has 1 aromatic carbocycles. The third-order valence-electron chi connectivity index (χ3n) is 2.04. The van der Waals surface area contributed by atoms with Gasteiger partial charge in [-0.1, -0.05) is 18.2 Å². The lowest BCUT2D eigenvalue weighted by molar-refractivity contribution is 0.602. The van der Waals surface area contributed by atoms with Crippen molar-refractivity contribution in [2.45, 2.75) is 13.5 Å². The number of hydrogen-bond donors (Lipinski definition) is 2. The number of para-hydroxylation sites is 1. The van der Waals surface area contributed by atoms with Crippen LogP contribution in [0, 0.1) is 17.2 Å². The van der Waals surface area contributed by atoms with Crippen LogP contribution in [0.1, 0.15) is 12.5 Å². The number of benzene rings is 1. The van der Waals surface area contributed by atoms with Crippen molar-refractivity contribution in [2.75, 3.05) is 12.3 Å². The second kappa shape index (κ2) is 5.25. The Morgan fingerprint density at radius 3 is 2.86 bits per heavy atom. The molecular formula is C11H15N3. The summed E-state index contributed by atoms with van der Waals surface area (Å²) in [5.74, 6) is 0.0416. The van der Waals surface area contributed by atoms with E-state index < -0.39 is 0 Å². The van der Waals surface area contributed by atoms with Crippen LogP contribution in [0.5, 0.6) is 0 Å². The number of hydrogen-bond acceptors (Lipinski definition) is 3. The number of nitriles is 1. The molecule has 74 valence electrons. The van der Waals surface area contributed by atoms with Gasteiger partial charge in [0.05, 0.1) is 12.0 Å². The summed E-state index contributed by atoms with van der Waals surface area (Å²) in [6, 6.07) is 9.91. The van der Waals surface area contributed by atoms with Crippen LogP contribution >= 0.6 is 0 Å². The van der Waals surface area contributed by atoms with E-state index in [-0.39, 0.29) is 5.92 Å². The first-order valence-electron chi connectivity index (χ1n) is 4.67. The van der Waals surface area contributed by atoms with E-state index in [9.17, 15) is 0 Å². The minimum absolute atomic E-state index is 0.0416. The molecule has 1 rings (SSSR count). The molecular weight excluding hydrogens is 174 g/mol. The summed E-state index contributed by atoms with van der Waals surface area (Å²) < 4.78 is 0. The summed E-state index contributed by atoms with van der Waals surface area (Å²) in [6.07, 6.45) is 0. The van der Waals surface area contributed by atoms with Crippen LogP contribution in [0.3, 0.4) is 0 Å². The molecule has 0 saturated heterocycles. The van der Waals surface area contributed by atoms with E-state index in [0.717, 1.165) is 17.8 Å². The molecule has 0 radical (unpaired) electrons. The molecule has 1 unspecified atom stereocenters. The average Bonchev–Trinajstić information content (AvgIpc) is 2.20. The fourth-order valence-corrected chi connectivity index (χ4v) is 1.16. The Balaban J connectivity index is 2.40. The van der Waals surface area contributed by atoms with E-state index in [1.54, 1.807) is 0 Å². The number of nitrogens with zero attached hydrogens (tertiary/aromatic N) is 1. The summed E-state index contributed by atoms with van der Waals surface area (Å²) in [5.41, 5.74) is 7.64. The van der Waals surface area contributed by atoms with E-state index in [1.807, 2.05) is 31.2 Å². The summed E-state index contributed by atoms with van der Waals surface area (Å²) in [4.78, 5) is 0. The van der Waals surface area contributed by atoms with Crippen LogP contribution in [0.2, 0.25) is 0 Å². The quantitative estimate of drug-likeness (QED) is 0.706. The van der Waals surface area contributed by atoms with Gasteiger partial charge in [-0.15, -0.1) is 0 Å². The Hall–Kier alpha value is -1.53. The van der Waals surface area contributed by atoms with Crippen molar-refractivity contribution < 1.29 is 0 Å². The van der Waals surface area contributed by atoms with Gasteiger partial charge in [0.15, 0.2) is 0 Å². The van der Waals surface area contributed by atoms with Gasteiger partial charge in [0.2, 0.25) is 0 Å². The molecule has 0 saturated carbocycles. The maximum Gasteiger partial charge on any atom is 0.0666 e. The molecule has 3 N–H and O–H groups in total. The van der Waals surface area contributed by atoms with Gasteiger partial charge in [0, 0.05) is 18.8 Å². The minimum atomic E-state index is 0.0416. The largest absolute Gasteiger partial charge is 0.398 e. The number of nitrogen functional groups attached to an aromatic ring is 1. The lowest BCUT2D eigenvalue weighted by Gasteiger charge is -2.07. The number of anilines is 1. The molecule has 1 aromatic rings. The fraction of sp³-hybridized carbons (Fsp3) is 0.364. The molecule has 0 bridgehead atoms. The third kappa shape index (κ3) is 3.08. The lowest BCUT2D eigenvalue weighted by Crippen LogP contribution is -2.20. The van der Waals surface area contributed by atoms with E-state index in [1.165, 1.54) is 0 Å². The Bertz CT molecular complexity index is 328. The van der Waals surface area contributed by atoms with Crippen molar-refractivity contribution in [1.29, 1.82) is 5.26 Å². The highest BCUT2D eigenvalue weighted by Crippen LogP contribution is 2.09. The number of nitrogens with two attached hydrogens (primary N) is 1. The molecule has 14 heavy (non-hydrogen) atoms. The van der Waals surface area contributed by atoms with Gasteiger partial charge >= 0.3 is 0 Å². The van der Waals surface area contributed by atoms with Crippen molar-refractivity contribution >= 4 is 5.69 Å². The highest BCUT2D eigenvalue weighted by atomic mass is 14.9. The second-order valence-electron chi connectivity index (χ2n) is 3.36. The van der Waals surface area contributed by atoms with Crippen molar-refractivity contribution in [1.82, 2.24) is 5.32 Å². The summed E-state index contributed by atoms with van der Waals surface area (Å²) in [7, 11) is 0. The maximum atomic E-state index is 8.57. The summed E-state index contributed by atoms with van der Waals surface area (Å²) >= 11 is 0. The first-order chi connectivity index (χ1) is 6.74. The predicted molar refractivity (Wildman–Crippen MR) is 57.3 cm³/mol. The minimum Gasteiger partial charge on any atom is -0.398 e. The van der Waals surface area contributed by atoms with Crippen LogP contribution in [0.25, 0.3) is 0 Å². The zero-order valence-corrected chi connectivity index (χ0v) is 8.33. The molecule has 3 nitrogen and oxygen atoms in total. The highest BCUT2D eigenvalue weighted by molar-refractivity contribution is 5.46. The molecule has 0 heterocycles. The standard InChI is InChI=1S/C11H15N3/c1-9(6-12)7-14-8-10-4-2-3-5-11(10)13/h2-5,9,14H,7-8,13H2,1H3. The van der Waals surface area contributed by atoms with Crippen LogP contribution in [0.15, 0.2) is 24.3 Å². The lowest BCUT2D eigenvalue weighted by atomic mass is 10.1. The van der Waals surface area contributed by atoms with Crippen LogP contribution < -0.4 is 11.1 Å². The highest BCUT2D eigenvalue weighted by Gasteiger charge is 2.00. The van der Waals surface area contributed by atoms with E-state index in [2.05, 4.69) is 11.4 Å². The fourth-order valence-electron chi connectivity index (χ4n) is 1.16. The van der Waals surface area contributed by atoms with E-state index in [0.29, 0.717) is 6.54 Å². The molecule has 1 atom stereocenters. The van der Waals surface area contributed by atoms with E-state index in [4.69, 9.17) is 11.0 Å². The molecule has 0 spiro atoms. The Kier molecular flexibility index (Phi) is 3.96. The topological polar surface area (TPSA) is 61.8 Å². The Morgan fingerprint density at radius 2 is 2.21 bits per heavy atom. The molecule has 0 amide bonds.